The van der Waals surface area contributed by atoms with E-state index < -0.39 is 12.7 Å². The van der Waals surface area contributed by atoms with Gasteiger partial charge in [-0.25, -0.2) is 4.98 Å². The van der Waals surface area contributed by atoms with E-state index in [1.54, 1.807) is 22.8 Å². The fourth-order valence-corrected chi connectivity index (χ4v) is 3.28. The molecule has 1 aromatic heterocycles. The molecule has 1 fully saturated rings. The summed E-state index contributed by atoms with van der Waals surface area (Å²) < 4.78 is 55.9. The lowest BCUT2D eigenvalue weighted by atomic mass is 10.1. The summed E-state index contributed by atoms with van der Waals surface area (Å²) in [5.41, 5.74) is 2.26. The van der Waals surface area contributed by atoms with Gasteiger partial charge in [0.2, 0.25) is 0 Å². The maximum atomic E-state index is 12.8. The first-order chi connectivity index (χ1) is 12.9. The minimum absolute atomic E-state index is 0.223. The van der Waals surface area contributed by atoms with E-state index in [0.29, 0.717) is 28.7 Å². The van der Waals surface area contributed by atoms with E-state index in [1.165, 1.54) is 18.5 Å². The monoisotopic (exact) mass is 442 g/mol. The zero-order valence-corrected chi connectivity index (χ0v) is 15.5. The van der Waals surface area contributed by atoms with Crippen LogP contribution in [0, 0.1) is 0 Å². The Morgan fingerprint density at radius 3 is 2.63 bits per heavy atom. The fraction of sp³-hybridized carbons (Fsp3) is 0.278. The van der Waals surface area contributed by atoms with Gasteiger partial charge >= 0.3 is 6.36 Å². The van der Waals surface area contributed by atoms with Crippen molar-refractivity contribution in [2.24, 2.45) is 0 Å². The highest BCUT2D eigenvalue weighted by molar-refractivity contribution is 9.10. The number of imidazole rings is 1. The lowest BCUT2D eigenvalue weighted by Gasteiger charge is -2.23. The van der Waals surface area contributed by atoms with Gasteiger partial charge in [0.05, 0.1) is 29.9 Å². The minimum atomic E-state index is -4.80. The summed E-state index contributed by atoms with van der Waals surface area (Å²) in [5, 5.41) is 0. The third-order valence-electron chi connectivity index (χ3n) is 4.08. The third kappa shape index (κ3) is 3.95. The summed E-state index contributed by atoms with van der Waals surface area (Å²) in [6, 6.07) is 9.87. The Hall–Kier alpha value is -2.10. The predicted molar refractivity (Wildman–Crippen MR) is 94.7 cm³/mol. The van der Waals surface area contributed by atoms with Gasteiger partial charge in [-0.15, -0.1) is 13.2 Å². The van der Waals surface area contributed by atoms with Crippen LogP contribution >= 0.6 is 15.9 Å². The molecular weight excluding hydrogens is 429 g/mol. The molecule has 0 saturated carbocycles. The van der Waals surface area contributed by atoms with Crippen LogP contribution in [-0.2, 0) is 9.47 Å². The molecule has 5 nitrogen and oxygen atoms in total. The Morgan fingerprint density at radius 1 is 1.11 bits per heavy atom. The number of hydrogen-bond acceptors (Lipinski definition) is 4. The van der Waals surface area contributed by atoms with Crippen LogP contribution in [0.5, 0.6) is 5.75 Å². The van der Waals surface area contributed by atoms with E-state index in [2.05, 4.69) is 25.7 Å². The summed E-state index contributed by atoms with van der Waals surface area (Å²) in [6.07, 6.45) is -3.01. The van der Waals surface area contributed by atoms with E-state index in [-0.39, 0.29) is 11.4 Å². The maximum absolute atomic E-state index is 12.8. The van der Waals surface area contributed by atoms with Crippen LogP contribution in [0.2, 0.25) is 0 Å². The summed E-state index contributed by atoms with van der Waals surface area (Å²) in [4.78, 5) is 4.27. The quantitative estimate of drug-likeness (QED) is 0.564. The number of fused-ring (bicyclic) bond motifs is 1. The molecule has 2 aromatic carbocycles. The average molecular weight is 443 g/mol. The number of ether oxygens (including phenoxy) is 3. The van der Waals surface area contributed by atoms with E-state index in [9.17, 15) is 13.2 Å². The van der Waals surface area contributed by atoms with Crippen molar-refractivity contribution < 1.29 is 27.4 Å². The van der Waals surface area contributed by atoms with Crippen LogP contribution in [0.3, 0.4) is 0 Å². The molecule has 142 valence electrons. The molecule has 0 amide bonds. The Balaban J connectivity index is 1.80. The van der Waals surface area contributed by atoms with Crippen LogP contribution in [-0.4, -0.2) is 29.1 Å². The molecule has 3 aromatic rings. The predicted octanol–water partition coefficient (Wildman–Crippen LogP) is 5.12. The molecule has 0 aliphatic carbocycles. The Labute approximate surface area is 160 Å². The highest BCUT2D eigenvalue weighted by Gasteiger charge is 2.32. The summed E-state index contributed by atoms with van der Waals surface area (Å²) in [6.45, 7) is 1.19. The van der Waals surface area contributed by atoms with Crippen molar-refractivity contribution in [1.82, 2.24) is 9.55 Å². The van der Waals surface area contributed by atoms with E-state index >= 15 is 0 Å². The molecule has 0 spiro atoms. The summed E-state index contributed by atoms with van der Waals surface area (Å²) >= 11 is 3.18. The average Bonchev–Trinajstić information content (AvgIpc) is 3.04. The van der Waals surface area contributed by atoms with Gasteiger partial charge in [0, 0.05) is 10.0 Å². The van der Waals surface area contributed by atoms with Gasteiger partial charge in [0.25, 0.3) is 0 Å². The van der Waals surface area contributed by atoms with Gasteiger partial charge in [-0.3, -0.25) is 4.57 Å². The van der Waals surface area contributed by atoms with Crippen molar-refractivity contribution in [3.63, 3.8) is 0 Å². The molecule has 4 rings (SSSR count). The molecule has 0 unspecified atom stereocenters. The van der Waals surface area contributed by atoms with Crippen LogP contribution in [0.4, 0.5) is 13.2 Å². The lowest BCUT2D eigenvalue weighted by Crippen LogP contribution is -2.18. The van der Waals surface area contributed by atoms with Gasteiger partial charge in [-0.1, -0.05) is 22.0 Å². The van der Waals surface area contributed by atoms with Gasteiger partial charge in [-0.2, -0.15) is 0 Å². The molecule has 0 bridgehead atoms. The number of aromatic nitrogens is 2. The van der Waals surface area contributed by atoms with Crippen LogP contribution in [0.1, 0.15) is 18.3 Å². The number of rotatable bonds is 3. The van der Waals surface area contributed by atoms with Gasteiger partial charge < -0.3 is 14.2 Å². The molecule has 1 aliphatic heterocycles. The van der Waals surface area contributed by atoms with E-state index in [4.69, 9.17) is 9.47 Å². The third-order valence-corrected chi connectivity index (χ3v) is 4.57. The summed E-state index contributed by atoms with van der Waals surface area (Å²) in [7, 11) is 0. The van der Waals surface area contributed by atoms with Crippen LogP contribution in [0.15, 0.2) is 47.2 Å². The number of nitrogens with zero attached hydrogens (tertiary/aromatic N) is 2. The van der Waals surface area contributed by atoms with E-state index in [1.807, 2.05) is 6.07 Å². The standard InChI is InChI=1S/C18H14BrF3N2O3/c19-12-3-5-14(16(9-12)27-18(20,21)22)24-10-23-13-4-2-11(8-15(13)24)17-25-6-1-7-26-17/h2-5,8-10,17H,1,6-7H2. The molecule has 27 heavy (non-hydrogen) atoms. The second kappa shape index (κ2) is 7.14. The van der Waals surface area contributed by atoms with Crippen molar-refractivity contribution in [1.29, 1.82) is 0 Å². The Kier molecular flexibility index (Phi) is 4.83. The second-order valence-electron chi connectivity index (χ2n) is 5.95. The van der Waals surface area contributed by atoms with Crippen molar-refractivity contribution >= 4 is 27.0 Å². The maximum Gasteiger partial charge on any atom is 0.573 e. The molecule has 0 radical (unpaired) electrons. The normalized spacial score (nSPS) is 16.0. The first-order valence-electron chi connectivity index (χ1n) is 8.16. The van der Waals surface area contributed by atoms with Crippen LogP contribution < -0.4 is 4.74 Å². The number of halogens is 4. The zero-order valence-electron chi connectivity index (χ0n) is 13.9. The molecule has 9 heteroatoms. The van der Waals surface area contributed by atoms with Crippen molar-refractivity contribution in [2.75, 3.05) is 13.2 Å². The van der Waals surface area contributed by atoms with Crippen molar-refractivity contribution in [3.8, 4) is 11.4 Å². The zero-order chi connectivity index (χ0) is 19.0. The first kappa shape index (κ1) is 18.3. The van der Waals surface area contributed by atoms with Crippen molar-refractivity contribution in [2.45, 2.75) is 19.1 Å². The van der Waals surface area contributed by atoms with Gasteiger partial charge in [-0.05, 0) is 36.8 Å². The summed E-state index contributed by atoms with van der Waals surface area (Å²) in [5.74, 6) is -0.327. The number of benzene rings is 2. The molecule has 0 N–H and O–H groups in total. The first-order valence-corrected chi connectivity index (χ1v) is 8.96. The molecule has 1 saturated heterocycles. The lowest BCUT2D eigenvalue weighted by molar-refractivity contribution is -0.274. The topological polar surface area (TPSA) is 45.5 Å². The molecular formula is C18H14BrF3N2O3. The number of alkyl halides is 3. The SMILES string of the molecule is FC(F)(F)Oc1cc(Br)ccc1-n1cnc2ccc(C3OCCCO3)cc21. The van der Waals surface area contributed by atoms with Gasteiger partial charge in [0.1, 0.15) is 6.33 Å². The Bertz CT molecular complexity index is 968. The molecule has 1 aliphatic rings. The van der Waals surface area contributed by atoms with Crippen molar-refractivity contribution in [3.05, 3.63) is 52.8 Å². The second-order valence-corrected chi connectivity index (χ2v) is 6.87. The van der Waals surface area contributed by atoms with Crippen LogP contribution in [0.25, 0.3) is 16.7 Å². The fourth-order valence-electron chi connectivity index (χ4n) is 2.94. The molecule has 0 atom stereocenters. The highest BCUT2D eigenvalue weighted by Crippen LogP contribution is 2.34. The molecule has 2 heterocycles. The van der Waals surface area contributed by atoms with Gasteiger partial charge in [0.15, 0.2) is 12.0 Å². The highest BCUT2D eigenvalue weighted by atomic mass is 79.9. The van der Waals surface area contributed by atoms with E-state index in [0.717, 1.165) is 12.0 Å². The largest absolute Gasteiger partial charge is 0.573 e. The minimum Gasteiger partial charge on any atom is -0.403 e. The smallest absolute Gasteiger partial charge is 0.403 e. The Morgan fingerprint density at radius 2 is 1.89 bits per heavy atom. The number of hydrogen-bond donors (Lipinski definition) is 0.